The van der Waals surface area contributed by atoms with Crippen molar-refractivity contribution in [3.05, 3.63) is 71.9 Å². The highest BCUT2D eigenvalue weighted by atomic mass is 79.9. The molecule has 0 radical (unpaired) electrons. The molecule has 3 rings (SSSR count). The first-order valence-corrected chi connectivity index (χ1v) is 6.94. The van der Waals surface area contributed by atoms with Gasteiger partial charge in [-0.05, 0) is 17.7 Å². The van der Waals surface area contributed by atoms with Crippen LogP contribution in [0.3, 0.4) is 0 Å². The summed E-state index contributed by atoms with van der Waals surface area (Å²) in [4.78, 5) is 12.2. The Kier molecular flexibility index (Phi) is 3.56. The van der Waals surface area contributed by atoms with Crippen LogP contribution in [-0.4, -0.2) is 9.56 Å². The maximum absolute atomic E-state index is 12.2. The van der Waals surface area contributed by atoms with E-state index in [-0.39, 0.29) is 12.6 Å². The number of aromatic nitrogens is 1. The largest absolute Gasteiger partial charge is 0.457 e. The molecule has 0 aliphatic carbocycles. The molecule has 0 aliphatic rings. The summed E-state index contributed by atoms with van der Waals surface area (Å²) < 4.78 is 7.12. The summed E-state index contributed by atoms with van der Waals surface area (Å²) in [6, 6.07) is 17.2. The minimum absolute atomic E-state index is 0.277. The minimum Gasteiger partial charge on any atom is -0.457 e. The average molecular weight is 330 g/mol. The fraction of sp³-hybridized carbons (Fsp3) is 0.0625. The summed E-state index contributed by atoms with van der Waals surface area (Å²) in [6.45, 7) is 0.277. The van der Waals surface area contributed by atoms with Gasteiger partial charge in [-0.3, -0.25) is 3.59 Å². The Balaban J connectivity index is 1.84. The summed E-state index contributed by atoms with van der Waals surface area (Å²) in [6.07, 6.45) is 1.86. The van der Waals surface area contributed by atoms with Gasteiger partial charge in [0, 0.05) is 11.6 Å². The van der Waals surface area contributed by atoms with E-state index in [0.29, 0.717) is 5.56 Å². The van der Waals surface area contributed by atoms with Crippen molar-refractivity contribution in [3.8, 4) is 0 Å². The number of carbonyl (C=O) groups is 1. The van der Waals surface area contributed by atoms with Crippen LogP contribution in [-0.2, 0) is 11.3 Å². The normalized spacial score (nSPS) is 10.7. The molecule has 20 heavy (non-hydrogen) atoms. The Morgan fingerprint density at radius 1 is 1.05 bits per heavy atom. The molecule has 0 N–H and O–H groups in total. The van der Waals surface area contributed by atoms with Gasteiger partial charge < -0.3 is 4.74 Å². The molecule has 100 valence electrons. The van der Waals surface area contributed by atoms with E-state index in [4.69, 9.17) is 4.74 Å². The highest BCUT2D eigenvalue weighted by Crippen LogP contribution is 2.23. The van der Waals surface area contributed by atoms with Gasteiger partial charge in [-0.1, -0.05) is 42.5 Å². The minimum atomic E-state index is -0.321. The predicted octanol–water partition coefficient (Wildman–Crippen LogP) is 4.16. The molecule has 1 heterocycles. The molecule has 0 saturated carbocycles. The van der Waals surface area contributed by atoms with E-state index in [0.717, 1.165) is 16.5 Å². The van der Waals surface area contributed by atoms with E-state index >= 15 is 0 Å². The molecule has 0 fully saturated rings. The third kappa shape index (κ3) is 2.47. The Morgan fingerprint density at radius 3 is 2.65 bits per heavy atom. The van der Waals surface area contributed by atoms with Crippen molar-refractivity contribution in [2.45, 2.75) is 6.61 Å². The standard InChI is InChI=1S/C16H12BrNO2/c17-18-10-9-13-7-4-8-14(15(13)18)16(19)20-11-12-5-2-1-3-6-12/h1-10H,11H2. The van der Waals surface area contributed by atoms with Crippen LogP contribution in [0.25, 0.3) is 10.9 Å². The van der Waals surface area contributed by atoms with Gasteiger partial charge >= 0.3 is 5.97 Å². The van der Waals surface area contributed by atoms with Gasteiger partial charge in [0.2, 0.25) is 0 Å². The van der Waals surface area contributed by atoms with Crippen LogP contribution in [0.2, 0.25) is 0 Å². The molecule has 0 aliphatic heterocycles. The van der Waals surface area contributed by atoms with Crippen LogP contribution in [0, 0.1) is 0 Å². The van der Waals surface area contributed by atoms with Gasteiger partial charge in [0.1, 0.15) is 6.61 Å². The number of hydrogen-bond donors (Lipinski definition) is 0. The lowest BCUT2D eigenvalue weighted by Crippen LogP contribution is -2.06. The Bertz CT molecular complexity index is 750. The molecule has 0 amide bonds. The topological polar surface area (TPSA) is 31.2 Å². The summed E-state index contributed by atoms with van der Waals surface area (Å²) in [5.41, 5.74) is 2.35. The van der Waals surface area contributed by atoms with Crippen molar-refractivity contribution < 1.29 is 9.53 Å². The zero-order valence-corrected chi connectivity index (χ0v) is 12.2. The number of esters is 1. The molecule has 4 heteroatoms. The molecule has 0 atom stereocenters. The number of fused-ring (bicyclic) bond motifs is 1. The first kappa shape index (κ1) is 12.9. The monoisotopic (exact) mass is 329 g/mol. The van der Waals surface area contributed by atoms with Crippen LogP contribution in [0.15, 0.2) is 60.8 Å². The molecule has 0 spiro atoms. The average Bonchev–Trinajstić information content (AvgIpc) is 2.87. The molecular weight excluding hydrogens is 318 g/mol. The third-order valence-corrected chi connectivity index (χ3v) is 3.69. The summed E-state index contributed by atoms with van der Waals surface area (Å²) >= 11 is 3.39. The fourth-order valence-electron chi connectivity index (χ4n) is 2.12. The SMILES string of the molecule is O=C(OCc1ccccc1)c1cccc2ccn(Br)c12. The second kappa shape index (κ2) is 5.51. The number of hydrogen-bond acceptors (Lipinski definition) is 2. The van der Waals surface area contributed by atoms with Gasteiger partial charge in [-0.15, -0.1) is 0 Å². The number of rotatable bonds is 3. The van der Waals surface area contributed by atoms with Crippen LogP contribution in [0.4, 0.5) is 0 Å². The van der Waals surface area contributed by atoms with Gasteiger partial charge in [-0.25, -0.2) is 4.79 Å². The summed E-state index contributed by atoms with van der Waals surface area (Å²) in [5.74, 6) is -0.321. The van der Waals surface area contributed by atoms with Crippen LogP contribution in [0.1, 0.15) is 15.9 Å². The predicted molar refractivity (Wildman–Crippen MR) is 81.8 cm³/mol. The van der Waals surface area contributed by atoms with E-state index in [1.165, 1.54) is 0 Å². The lowest BCUT2D eigenvalue weighted by atomic mass is 10.1. The summed E-state index contributed by atoms with van der Waals surface area (Å²) in [5, 5.41) is 0.996. The van der Waals surface area contributed by atoms with E-state index in [2.05, 4.69) is 16.1 Å². The van der Waals surface area contributed by atoms with E-state index in [9.17, 15) is 4.79 Å². The number of nitrogens with zero attached hydrogens (tertiary/aromatic N) is 1. The van der Waals surface area contributed by atoms with E-state index < -0.39 is 0 Å². The highest BCUT2D eigenvalue weighted by Gasteiger charge is 2.14. The van der Waals surface area contributed by atoms with Crippen molar-refractivity contribution in [2.75, 3.05) is 0 Å². The number of ether oxygens (including phenoxy) is 1. The van der Waals surface area contributed by atoms with Gasteiger partial charge in [0.25, 0.3) is 0 Å². The molecule has 2 aromatic carbocycles. The molecule has 3 aromatic rings. The second-order valence-corrected chi connectivity index (χ2v) is 5.20. The quantitative estimate of drug-likeness (QED) is 0.676. The number of carbonyl (C=O) groups excluding carboxylic acids is 1. The van der Waals surface area contributed by atoms with Crippen molar-refractivity contribution in [3.63, 3.8) is 0 Å². The van der Waals surface area contributed by atoms with Crippen molar-refractivity contribution in [1.29, 1.82) is 0 Å². The number of para-hydroxylation sites is 1. The third-order valence-electron chi connectivity index (χ3n) is 3.10. The van der Waals surface area contributed by atoms with Gasteiger partial charge in [0.15, 0.2) is 0 Å². The van der Waals surface area contributed by atoms with Gasteiger partial charge in [0.05, 0.1) is 27.2 Å². The maximum atomic E-state index is 12.2. The number of benzene rings is 2. The molecule has 0 bridgehead atoms. The first-order valence-electron chi connectivity index (χ1n) is 6.23. The lowest BCUT2D eigenvalue weighted by molar-refractivity contribution is 0.0475. The first-order chi connectivity index (χ1) is 9.75. The zero-order valence-electron chi connectivity index (χ0n) is 10.6. The molecular formula is C16H12BrNO2. The maximum Gasteiger partial charge on any atom is 0.340 e. The smallest absolute Gasteiger partial charge is 0.340 e. The second-order valence-electron chi connectivity index (χ2n) is 4.43. The van der Waals surface area contributed by atoms with E-state index in [1.807, 2.05) is 54.7 Å². The molecule has 0 unspecified atom stereocenters. The van der Waals surface area contributed by atoms with Crippen molar-refractivity contribution >= 4 is 33.0 Å². The van der Waals surface area contributed by atoms with E-state index in [1.54, 1.807) is 9.66 Å². The Hall–Kier alpha value is -2.07. The summed E-state index contributed by atoms with van der Waals surface area (Å²) in [7, 11) is 0. The van der Waals surface area contributed by atoms with Crippen LogP contribution < -0.4 is 0 Å². The Morgan fingerprint density at radius 2 is 1.85 bits per heavy atom. The number of halogens is 1. The fourth-order valence-corrected chi connectivity index (χ4v) is 2.63. The highest BCUT2D eigenvalue weighted by molar-refractivity contribution is 9.08. The Labute approximate surface area is 125 Å². The lowest BCUT2D eigenvalue weighted by Gasteiger charge is -2.07. The van der Waals surface area contributed by atoms with Crippen LogP contribution >= 0.6 is 16.1 Å². The zero-order chi connectivity index (χ0) is 13.9. The molecule has 0 saturated heterocycles. The molecule has 3 nitrogen and oxygen atoms in total. The van der Waals surface area contributed by atoms with Gasteiger partial charge in [-0.2, -0.15) is 0 Å². The molecule has 1 aromatic heterocycles. The van der Waals surface area contributed by atoms with Crippen LogP contribution in [0.5, 0.6) is 0 Å². The van der Waals surface area contributed by atoms with Crippen molar-refractivity contribution in [1.82, 2.24) is 3.59 Å². The van der Waals surface area contributed by atoms with Crippen molar-refractivity contribution in [2.24, 2.45) is 0 Å².